The smallest absolute Gasteiger partial charge is 0.407 e. The van der Waals surface area contributed by atoms with Gasteiger partial charge in [-0.2, -0.15) is 5.10 Å². The quantitative estimate of drug-likeness (QED) is 0.705. The maximum absolute atomic E-state index is 11.0. The van der Waals surface area contributed by atoms with Crippen LogP contribution in [0.25, 0.3) is 0 Å². The topological polar surface area (TPSA) is 93.5 Å². The molecule has 1 aromatic rings. The predicted octanol–water partition coefficient (Wildman–Crippen LogP) is 0.493. The van der Waals surface area contributed by atoms with E-state index in [1.165, 1.54) is 23.0 Å². The van der Waals surface area contributed by atoms with E-state index in [1.807, 2.05) is 0 Å². The van der Waals surface area contributed by atoms with Gasteiger partial charge in [0.25, 0.3) is 0 Å². The summed E-state index contributed by atoms with van der Waals surface area (Å²) in [5.74, 6) is -1.08. The second kappa shape index (κ2) is 6.31. The van der Waals surface area contributed by atoms with Gasteiger partial charge in [-0.05, 0) is 6.07 Å². The highest BCUT2D eigenvalue weighted by atomic mass is 16.5. The van der Waals surface area contributed by atoms with Crippen molar-refractivity contribution in [2.24, 2.45) is 0 Å². The van der Waals surface area contributed by atoms with Crippen molar-refractivity contribution in [2.45, 2.75) is 6.54 Å². The Balaban J connectivity index is 2.28. The van der Waals surface area contributed by atoms with Crippen LogP contribution in [0.1, 0.15) is 10.5 Å². The summed E-state index contributed by atoms with van der Waals surface area (Å²) in [6.07, 6.45) is 2.45. The Hall–Kier alpha value is -2.31. The molecule has 0 aromatic carbocycles. The van der Waals surface area contributed by atoms with Gasteiger partial charge < -0.3 is 15.2 Å². The molecule has 0 fully saturated rings. The fourth-order valence-corrected chi connectivity index (χ4v) is 1.06. The first-order valence-electron chi connectivity index (χ1n) is 4.91. The summed E-state index contributed by atoms with van der Waals surface area (Å²) >= 11 is 0. The van der Waals surface area contributed by atoms with Crippen molar-refractivity contribution < 1.29 is 19.4 Å². The summed E-state index contributed by atoms with van der Waals surface area (Å²) in [7, 11) is 0. The largest absolute Gasteiger partial charge is 0.476 e. The summed E-state index contributed by atoms with van der Waals surface area (Å²) in [6.45, 7) is 4.23. The van der Waals surface area contributed by atoms with Crippen molar-refractivity contribution in [2.75, 3.05) is 13.2 Å². The molecule has 0 aliphatic heterocycles. The molecule has 92 valence electrons. The third-order valence-corrected chi connectivity index (χ3v) is 1.80. The Kier molecular flexibility index (Phi) is 4.74. The van der Waals surface area contributed by atoms with E-state index < -0.39 is 12.1 Å². The van der Waals surface area contributed by atoms with Crippen molar-refractivity contribution >= 4 is 12.1 Å². The molecule has 0 spiro atoms. The number of rotatable bonds is 6. The van der Waals surface area contributed by atoms with E-state index in [-0.39, 0.29) is 12.3 Å². The van der Waals surface area contributed by atoms with Crippen LogP contribution >= 0.6 is 0 Å². The van der Waals surface area contributed by atoms with Crippen molar-refractivity contribution in [1.29, 1.82) is 0 Å². The van der Waals surface area contributed by atoms with Gasteiger partial charge in [0.15, 0.2) is 5.69 Å². The number of ether oxygens (including phenoxy) is 1. The van der Waals surface area contributed by atoms with E-state index in [0.717, 1.165) is 0 Å². The first kappa shape index (κ1) is 12.8. The normalized spacial score (nSPS) is 9.65. The molecule has 0 atom stereocenters. The molecule has 0 radical (unpaired) electrons. The maximum Gasteiger partial charge on any atom is 0.407 e. The van der Waals surface area contributed by atoms with Crippen LogP contribution in [0.4, 0.5) is 4.79 Å². The Morgan fingerprint density at radius 1 is 1.65 bits per heavy atom. The molecule has 2 N–H and O–H groups in total. The lowest BCUT2D eigenvalue weighted by Gasteiger charge is -2.04. The van der Waals surface area contributed by atoms with Gasteiger partial charge >= 0.3 is 12.1 Å². The van der Waals surface area contributed by atoms with Gasteiger partial charge in [0.2, 0.25) is 0 Å². The fourth-order valence-electron chi connectivity index (χ4n) is 1.06. The molecule has 0 bridgehead atoms. The number of carboxylic acids is 1. The van der Waals surface area contributed by atoms with Crippen LogP contribution in [0.15, 0.2) is 24.9 Å². The van der Waals surface area contributed by atoms with Crippen LogP contribution in [0, 0.1) is 0 Å². The number of hydrogen-bond acceptors (Lipinski definition) is 4. The van der Waals surface area contributed by atoms with Gasteiger partial charge in [-0.3, -0.25) is 4.68 Å². The van der Waals surface area contributed by atoms with Crippen LogP contribution in [0.3, 0.4) is 0 Å². The van der Waals surface area contributed by atoms with E-state index in [1.54, 1.807) is 0 Å². The Morgan fingerprint density at radius 2 is 2.41 bits per heavy atom. The molecule has 1 amide bonds. The number of carbonyl (C=O) groups excluding carboxylic acids is 1. The highest BCUT2D eigenvalue weighted by Crippen LogP contribution is 1.94. The van der Waals surface area contributed by atoms with Gasteiger partial charge in [-0.1, -0.05) is 12.7 Å². The average molecular weight is 239 g/mol. The molecule has 17 heavy (non-hydrogen) atoms. The molecule has 1 rings (SSSR count). The van der Waals surface area contributed by atoms with Crippen LogP contribution < -0.4 is 5.32 Å². The van der Waals surface area contributed by atoms with E-state index in [9.17, 15) is 9.59 Å². The first-order valence-corrected chi connectivity index (χ1v) is 4.91. The molecule has 1 aromatic heterocycles. The minimum atomic E-state index is -1.08. The van der Waals surface area contributed by atoms with Gasteiger partial charge in [0, 0.05) is 12.7 Å². The minimum Gasteiger partial charge on any atom is -0.476 e. The van der Waals surface area contributed by atoms with E-state index in [0.29, 0.717) is 13.1 Å². The van der Waals surface area contributed by atoms with Gasteiger partial charge in [0.1, 0.15) is 6.61 Å². The number of nitrogens with one attached hydrogen (secondary N) is 1. The summed E-state index contributed by atoms with van der Waals surface area (Å²) in [4.78, 5) is 21.5. The second-order valence-electron chi connectivity index (χ2n) is 3.08. The molecule has 1 heterocycles. The zero-order valence-corrected chi connectivity index (χ0v) is 9.13. The zero-order chi connectivity index (χ0) is 12.7. The number of nitrogens with zero attached hydrogens (tertiary/aromatic N) is 2. The standard InChI is InChI=1S/C10H13N3O4/c1-2-7-17-10(16)11-4-6-13-5-3-8(12-13)9(14)15/h2-3,5H,1,4,6-7H2,(H,11,16)(H,14,15). The number of carbonyl (C=O) groups is 2. The number of carboxylic acid groups (broad SMARTS) is 1. The lowest BCUT2D eigenvalue weighted by molar-refractivity contribution is 0.0689. The van der Waals surface area contributed by atoms with Gasteiger partial charge in [-0.25, -0.2) is 9.59 Å². The van der Waals surface area contributed by atoms with Crippen molar-refractivity contribution in [1.82, 2.24) is 15.1 Å². The summed E-state index contributed by atoms with van der Waals surface area (Å²) in [6, 6.07) is 1.39. The van der Waals surface area contributed by atoms with E-state index >= 15 is 0 Å². The number of aromatic carboxylic acids is 1. The highest BCUT2D eigenvalue weighted by Gasteiger charge is 2.06. The van der Waals surface area contributed by atoms with Crippen molar-refractivity contribution in [3.63, 3.8) is 0 Å². The van der Waals surface area contributed by atoms with E-state index in [2.05, 4.69) is 21.7 Å². The van der Waals surface area contributed by atoms with Gasteiger partial charge in [0.05, 0.1) is 6.54 Å². The Morgan fingerprint density at radius 3 is 3.00 bits per heavy atom. The first-order chi connectivity index (χ1) is 8.13. The average Bonchev–Trinajstić information content (AvgIpc) is 2.75. The maximum atomic E-state index is 11.0. The Bertz CT molecular complexity index is 413. The summed E-state index contributed by atoms with van der Waals surface area (Å²) in [5.41, 5.74) is -0.0285. The SMILES string of the molecule is C=CCOC(=O)NCCn1ccc(C(=O)O)n1. The Labute approximate surface area is 97.7 Å². The van der Waals surface area contributed by atoms with Crippen molar-refractivity contribution in [3.05, 3.63) is 30.6 Å². The molecule has 7 heteroatoms. The minimum absolute atomic E-state index is 0.0285. The predicted molar refractivity (Wildman–Crippen MR) is 58.7 cm³/mol. The summed E-state index contributed by atoms with van der Waals surface area (Å²) < 4.78 is 6.11. The summed E-state index contributed by atoms with van der Waals surface area (Å²) in [5, 5.41) is 14.9. The monoisotopic (exact) mass is 239 g/mol. The zero-order valence-electron chi connectivity index (χ0n) is 9.13. The third kappa shape index (κ3) is 4.37. The molecule has 0 aliphatic rings. The van der Waals surface area contributed by atoms with Crippen LogP contribution in [-0.4, -0.2) is 40.1 Å². The lowest BCUT2D eigenvalue weighted by atomic mass is 10.5. The van der Waals surface area contributed by atoms with Crippen LogP contribution in [-0.2, 0) is 11.3 Å². The highest BCUT2D eigenvalue weighted by molar-refractivity contribution is 5.85. The number of alkyl carbamates (subject to hydrolysis) is 1. The number of hydrogen-bond donors (Lipinski definition) is 2. The molecule has 7 nitrogen and oxygen atoms in total. The van der Waals surface area contributed by atoms with Crippen LogP contribution in [0.2, 0.25) is 0 Å². The molecular weight excluding hydrogens is 226 g/mol. The van der Waals surface area contributed by atoms with E-state index in [4.69, 9.17) is 5.11 Å². The second-order valence-corrected chi connectivity index (χ2v) is 3.08. The van der Waals surface area contributed by atoms with Crippen LogP contribution in [0.5, 0.6) is 0 Å². The number of amides is 1. The fraction of sp³-hybridized carbons (Fsp3) is 0.300. The molecule has 0 saturated heterocycles. The molecular formula is C10H13N3O4. The van der Waals surface area contributed by atoms with Gasteiger partial charge in [-0.15, -0.1) is 0 Å². The van der Waals surface area contributed by atoms with Crippen molar-refractivity contribution in [3.8, 4) is 0 Å². The number of aromatic nitrogens is 2. The molecule has 0 unspecified atom stereocenters. The third-order valence-electron chi connectivity index (χ3n) is 1.80. The molecule has 0 saturated carbocycles. The molecule has 0 aliphatic carbocycles. The lowest BCUT2D eigenvalue weighted by Crippen LogP contribution is -2.28.